The molecule has 0 aromatic heterocycles. The highest BCUT2D eigenvalue weighted by Crippen LogP contribution is 2.29. The number of hydrogen-bond donors (Lipinski definition) is 0. The minimum atomic E-state index is -2.93. The number of hydrogen-bond acceptors (Lipinski definition) is 5. The Hall–Kier alpha value is -1.49. The lowest BCUT2D eigenvalue weighted by Gasteiger charge is -2.35. The highest BCUT2D eigenvalue weighted by Gasteiger charge is 2.45. The van der Waals surface area contributed by atoms with Crippen LogP contribution in [0.2, 0.25) is 6.55 Å². The maximum absolute atomic E-state index is 6.36. The second kappa shape index (κ2) is 8.68. The second-order valence-electron chi connectivity index (χ2n) is 6.38. The van der Waals surface area contributed by atoms with Gasteiger partial charge in [0.1, 0.15) is 5.75 Å². The monoisotopic (exact) mass is 404 g/mol. The molecule has 0 aliphatic carbocycles. The first-order chi connectivity index (χ1) is 13.1. The molecule has 0 spiro atoms. The Balaban J connectivity index is 1.92. The summed E-state index contributed by atoms with van der Waals surface area (Å²) in [4.78, 5) is 0. The topological polar surface area (TPSA) is 46.2 Å². The van der Waals surface area contributed by atoms with Gasteiger partial charge < -0.3 is 22.1 Å². The van der Waals surface area contributed by atoms with E-state index in [2.05, 4.69) is 24.7 Å². The van der Waals surface area contributed by atoms with Gasteiger partial charge in [0.05, 0.1) is 6.61 Å². The molecular formula is C20H28O5Si2. The van der Waals surface area contributed by atoms with Gasteiger partial charge in [-0.2, -0.15) is 0 Å². The minimum absolute atomic E-state index is 0.510. The van der Waals surface area contributed by atoms with Crippen LogP contribution in [0.3, 0.4) is 0 Å². The Morgan fingerprint density at radius 1 is 0.926 bits per heavy atom. The van der Waals surface area contributed by atoms with Crippen molar-refractivity contribution in [2.45, 2.75) is 33.9 Å². The third-order valence-electron chi connectivity index (χ3n) is 4.52. The standard InChI is InChI=1S/C20H28O5Si2/c1-5-21-27(22-6-2,23-7-3)19-13-14-20-17(15-19)16-24-26(4,25-20)18-11-9-8-10-12-18/h8-15H,5-7,16H2,1-4H3. The molecule has 2 aromatic carbocycles. The molecule has 2 aromatic rings. The Labute approximate surface area is 163 Å². The van der Waals surface area contributed by atoms with Gasteiger partial charge in [0.15, 0.2) is 0 Å². The van der Waals surface area contributed by atoms with E-state index in [4.69, 9.17) is 22.1 Å². The fourth-order valence-corrected chi connectivity index (χ4v) is 7.98. The smallest absolute Gasteiger partial charge is 0.517 e. The Morgan fingerprint density at radius 2 is 1.56 bits per heavy atom. The second-order valence-corrected chi connectivity index (χ2v) is 11.9. The third kappa shape index (κ3) is 4.18. The van der Waals surface area contributed by atoms with E-state index >= 15 is 0 Å². The van der Waals surface area contributed by atoms with Gasteiger partial charge in [0.2, 0.25) is 0 Å². The van der Waals surface area contributed by atoms with Crippen LogP contribution in [0.5, 0.6) is 5.75 Å². The average molecular weight is 405 g/mol. The summed E-state index contributed by atoms with van der Waals surface area (Å²) in [5.74, 6) is 0.871. The van der Waals surface area contributed by atoms with E-state index in [1.165, 1.54) is 0 Å². The van der Waals surface area contributed by atoms with Gasteiger partial charge >= 0.3 is 17.4 Å². The van der Waals surface area contributed by atoms with Crippen LogP contribution in [0.15, 0.2) is 48.5 Å². The maximum atomic E-state index is 6.36. The third-order valence-corrected chi connectivity index (χ3v) is 10.2. The zero-order chi connectivity index (χ0) is 19.3. The summed E-state index contributed by atoms with van der Waals surface area (Å²) in [6, 6.07) is 16.3. The van der Waals surface area contributed by atoms with Crippen molar-refractivity contribution in [1.29, 1.82) is 0 Å². The molecular weight excluding hydrogens is 376 g/mol. The van der Waals surface area contributed by atoms with Gasteiger partial charge in [0.25, 0.3) is 0 Å². The lowest BCUT2D eigenvalue weighted by molar-refractivity contribution is 0.0858. The number of rotatable bonds is 8. The molecule has 0 fully saturated rings. The summed E-state index contributed by atoms with van der Waals surface area (Å²) in [6.45, 7) is 10.1. The Kier molecular flexibility index (Phi) is 6.51. The fraction of sp³-hybridized carbons (Fsp3) is 0.400. The summed E-state index contributed by atoms with van der Waals surface area (Å²) in [5.41, 5.74) is 1.00. The molecule has 0 saturated heterocycles. The molecule has 0 radical (unpaired) electrons. The molecule has 1 unspecified atom stereocenters. The van der Waals surface area contributed by atoms with E-state index in [0.717, 1.165) is 21.7 Å². The van der Waals surface area contributed by atoms with Crippen molar-refractivity contribution in [3.05, 3.63) is 54.1 Å². The highest BCUT2D eigenvalue weighted by atomic mass is 28.4. The normalized spacial score (nSPS) is 19.4. The van der Waals surface area contributed by atoms with Crippen LogP contribution in [-0.4, -0.2) is 37.2 Å². The van der Waals surface area contributed by atoms with E-state index in [9.17, 15) is 0 Å². The van der Waals surface area contributed by atoms with Gasteiger partial charge in [-0.1, -0.05) is 36.4 Å². The maximum Gasteiger partial charge on any atom is 0.537 e. The van der Waals surface area contributed by atoms with Gasteiger partial charge in [-0.05, 0) is 39.5 Å². The van der Waals surface area contributed by atoms with E-state index in [0.29, 0.717) is 26.4 Å². The van der Waals surface area contributed by atoms with Crippen LogP contribution in [0.1, 0.15) is 26.3 Å². The van der Waals surface area contributed by atoms with E-state index < -0.39 is 17.4 Å². The van der Waals surface area contributed by atoms with Crippen LogP contribution < -0.4 is 14.8 Å². The summed E-state index contributed by atoms with van der Waals surface area (Å²) < 4.78 is 30.7. The zero-order valence-electron chi connectivity index (χ0n) is 16.5. The first kappa shape index (κ1) is 20.3. The van der Waals surface area contributed by atoms with Crippen LogP contribution >= 0.6 is 0 Å². The minimum Gasteiger partial charge on any atom is -0.517 e. The van der Waals surface area contributed by atoms with E-state index in [-0.39, 0.29) is 0 Å². The molecule has 0 N–H and O–H groups in total. The van der Waals surface area contributed by atoms with Gasteiger partial charge in [-0.15, -0.1) is 0 Å². The SMILES string of the molecule is CCO[Si](OCC)(OCC)c1ccc2c(c1)CO[Si](C)(c1ccccc1)O2. The average Bonchev–Trinajstić information content (AvgIpc) is 2.69. The van der Waals surface area contributed by atoms with Gasteiger partial charge in [-0.3, -0.25) is 0 Å². The molecule has 1 aliphatic heterocycles. The van der Waals surface area contributed by atoms with Crippen LogP contribution in [0, 0.1) is 0 Å². The molecule has 27 heavy (non-hydrogen) atoms. The van der Waals surface area contributed by atoms with Gasteiger partial charge in [-0.25, -0.2) is 0 Å². The molecule has 0 saturated carbocycles. The highest BCUT2D eigenvalue weighted by molar-refractivity contribution is 6.80. The molecule has 1 aliphatic rings. The van der Waals surface area contributed by atoms with Crippen molar-refractivity contribution in [3.63, 3.8) is 0 Å². The first-order valence-corrected chi connectivity index (χ1v) is 13.5. The lowest BCUT2D eigenvalue weighted by Crippen LogP contribution is -2.58. The molecule has 1 heterocycles. The molecule has 1 atom stereocenters. The first-order valence-electron chi connectivity index (χ1n) is 9.50. The fourth-order valence-electron chi connectivity index (χ4n) is 3.27. The van der Waals surface area contributed by atoms with Crippen LogP contribution in [0.25, 0.3) is 0 Å². The predicted octanol–water partition coefficient (Wildman–Crippen LogP) is 2.83. The summed E-state index contributed by atoms with van der Waals surface area (Å²) in [7, 11) is -5.39. The molecule has 3 rings (SSSR count). The predicted molar refractivity (Wildman–Crippen MR) is 110 cm³/mol. The van der Waals surface area contributed by atoms with E-state index in [1.54, 1.807) is 0 Å². The summed E-state index contributed by atoms with van der Waals surface area (Å²) in [6.07, 6.45) is 0. The quantitative estimate of drug-likeness (QED) is 0.633. The number of fused-ring (bicyclic) bond motifs is 1. The summed E-state index contributed by atoms with van der Waals surface area (Å²) in [5, 5.41) is 2.07. The van der Waals surface area contributed by atoms with Crippen LogP contribution in [0.4, 0.5) is 0 Å². The van der Waals surface area contributed by atoms with Crippen LogP contribution in [-0.2, 0) is 24.3 Å². The van der Waals surface area contributed by atoms with E-state index in [1.807, 2.05) is 51.1 Å². The van der Waals surface area contributed by atoms with Gasteiger partial charge in [0, 0.05) is 35.8 Å². The summed E-state index contributed by atoms with van der Waals surface area (Å²) >= 11 is 0. The molecule has 0 amide bonds. The lowest BCUT2D eigenvalue weighted by atomic mass is 10.2. The Morgan fingerprint density at radius 3 is 2.15 bits per heavy atom. The zero-order valence-corrected chi connectivity index (χ0v) is 18.5. The molecule has 0 bridgehead atoms. The molecule has 5 nitrogen and oxygen atoms in total. The largest absolute Gasteiger partial charge is 0.537 e. The Bertz CT molecular complexity index is 738. The van der Waals surface area contributed by atoms with Crippen molar-refractivity contribution in [2.75, 3.05) is 19.8 Å². The molecule has 146 valence electrons. The molecule has 7 heteroatoms. The van der Waals surface area contributed by atoms with Crippen molar-refractivity contribution in [2.24, 2.45) is 0 Å². The number of benzene rings is 2. The van der Waals surface area contributed by atoms with Crippen molar-refractivity contribution in [1.82, 2.24) is 0 Å². The van der Waals surface area contributed by atoms with Crippen molar-refractivity contribution < 1.29 is 22.1 Å². The van der Waals surface area contributed by atoms with Crippen molar-refractivity contribution in [3.8, 4) is 5.75 Å². The van der Waals surface area contributed by atoms with Crippen molar-refractivity contribution >= 4 is 27.7 Å².